The number of hydrogen-bond acceptors (Lipinski definition) is 9. The Hall–Kier alpha value is -3.33. The summed E-state index contributed by atoms with van der Waals surface area (Å²) < 4.78 is 23.9. The second kappa shape index (κ2) is 14.0. The second-order valence-electron chi connectivity index (χ2n) is 10.1. The van der Waals surface area contributed by atoms with E-state index in [-0.39, 0.29) is 5.91 Å². The van der Waals surface area contributed by atoms with Crippen molar-refractivity contribution in [2.24, 2.45) is 0 Å². The number of carbonyl (C=O) groups is 1. The molecule has 2 heterocycles. The van der Waals surface area contributed by atoms with Crippen molar-refractivity contribution < 1.29 is 18.8 Å². The van der Waals surface area contributed by atoms with Crippen molar-refractivity contribution in [2.45, 2.75) is 19.8 Å². The third-order valence-corrected chi connectivity index (χ3v) is 8.55. The molecule has 1 aliphatic rings. The van der Waals surface area contributed by atoms with E-state index in [1.165, 1.54) is 6.20 Å². The lowest BCUT2D eigenvalue weighted by Gasteiger charge is -2.36. The normalized spacial score (nSPS) is 13.7. The molecule has 220 valence electrons. The number of carbonyl (C=O) groups excluding carboxylic acids is 1. The van der Waals surface area contributed by atoms with Gasteiger partial charge in [-0.25, -0.2) is 4.98 Å². The van der Waals surface area contributed by atoms with Gasteiger partial charge in [0, 0.05) is 49.8 Å². The molecule has 1 saturated heterocycles. The predicted octanol–water partition coefficient (Wildman–Crippen LogP) is 5.34. The molecule has 41 heavy (non-hydrogen) atoms. The van der Waals surface area contributed by atoms with Gasteiger partial charge in [0.2, 0.25) is 11.9 Å². The first-order valence-corrected chi connectivity index (χ1v) is 16.7. The zero-order valence-corrected chi connectivity index (χ0v) is 25.7. The first kappa shape index (κ1) is 30.6. The van der Waals surface area contributed by atoms with Crippen LogP contribution in [0.4, 0.5) is 28.8 Å². The molecule has 12 heteroatoms. The van der Waals surface area contributed by atoms with Crippen molar-refractivity contribution in [3.8, 4) is 5.75 Å². The highest BCUT2D eigenvalue weighted by molar-refractivity contribution is 7.70. The van der Waals surface area contributed by atoms with Crippen molar-refractivity contribution >= 4 is 58.8 Å². The molecular weight excluding hydrogens is 563 g/mol. The summed E-state index contributed by atoms with van der Waals surface area (Å²) in [5, 5.41) is 7.48. The van der Waals surface area contributed by atoms with Gasteiger partial charge in [0.15, 0.2) is 5.82 Å². The van der Waals surface area contributed by atoms with Crippen LogP contribution in [-0.4, -0.2) is 80.6 Å². The summed E-state index contributed by atoms with van der Waals surface area (Å²) in [5.74, 6) is 1.48. The number of rotatable bonds is 12. The Kier molecular flexibility index (Phi) is 10.5. The number of hydrogen-bond donors (Lipinski definition) is 2. The average Bonchev–Trinajstić information content (AvgIpc) is 2.97. The Morgan fingerprint density at radius 1 is 1.05 bits per heavy atom. The maximum Gasteiger partial charge on any atom is 0.229 e. The maximum absolute atomic E-state index is 12.8. The molecule has 0 radical (unpaired) electrons. The second-order valence-corrected chi connectivity index (χ2v) is 13.7. The van der Waals surface area contributed by atoms with Crippen molar-refractivity contribution in [3.63, 3.8) is 0 Å². The van der Waals surface area contributed by atoms with Gasteiger partial charge in [-0.1, -0.05) is 30.7 Å². The molecule has 1 aromatic heterocycles. The van der Waals surface area contributed by atoms with Gasteiger partial charge in [-0.15, -0.1) is 0 Å². The lowest BCUT2D eigenvalue weighted by molar-refractivity contribution is -0.132. The number of aromatic nitrogens is 2. The van der Waals surface area contributed by atoms with Crippen LogP contribution in [0.25, 0.3) is 0 Å². The van der Waals surface area contributed by atoms with Gasteiger partial charge in [0.1, 0.15) is 17.9 Å². The van der Waals surface area contributed by atoms with Crippen LogP contribution in [0.3, 0.4) is 0 Å². The Morgan fingerprint density at radius 2 is 1.80 bits per heavy atom. The Bertz CT molecular complexity index is 1390. The van der Waals surface area contributed by atoms with Crippen LogP contribution < -0.4 is 25.6 Å². The van der Waals surface area contributed by atoms with Crippen molar-refractivity contribution in [2.75, 3.05) is 75.4 Å². The highest BCUT2D eigenvalue weighted by Gasteiger charge is 2.22. The van der Waals surface area contributed by atoms with Crippen LogP contribution in [0, 0.1) is 0 Å². The molecule has 2 aromatic carbocycles. The fraction of sp³-hybridized carbons (Fsp3) is 0.414. The van der Waals surface area contributed by atoms with E-state index in [9.17, 15) is 9.36 Å². The van der Waals surface area contributed by atoms with Crippen LogP contribution in [-0.2, 0) is 14.1 Å². The lowest BCUT2D eigenvalue weighted by Crippen LogP contribution is -2.49. The van der Waals surface area contributed by atoms with E-state index < -0.39 is 7.14 Å². The quantitative estimate of drug-likeness (QED) is 0.210. The van der Waals surface area contributed by atoms with E-state index in [1.807, 2.05) is 47.4 Å². The van der Waals surface area contributed by atoms with E-state index in [0.717, 1.165) is 25.2 Å². The maximum atomic E-state index is 12.8. The Labute approximate surface area is 246 Å². The van der Waals surface area contributed by atoms with Crippen LogP contribution >= 0.6 is 18.7 Å². The fourth-order valence-electron chi connectivity index (χ4n) is 4.57. The molecule has 0 bridgehead atoms. The van der Waals surface area contributed by atoms with Crippen LogP contribution in [0.1, 0.15) is 19.8 Å². The molecule has 4 rings (SSSR count). The molecule has 2 N–H and O–H groups in total. The summed E-state index contributed by atoms with van der Waals surface area (Å²) in [6.45, 7) is 9.46. The monoisotopic (exact) mass is 600 g/mol. The molecule has 3 aromatic rings. The van der Waals surface area contributed by atoms with E-state index >= 15 is 0 Å². The minimum absolute atomic E-state index is 0.136. The van der Waals surface area contributed by atoms with Gasteiger partial charge in [0.25, 0.3) is 0 Å². The van der Waals surface area contributed by atoms with Gasteiger partial charge >= 0.3 is 0 Å². The van der Waals surface area contributed by atoms with Crippen molar-refractivity contribution in [3.05, 3.63) is 53.7 Å². The number of amides is 1. The summed E-state index contributed by atoms with van der Waals surface area (Å²) in [6.07, 6.45) is 2.88. The molecule has 0 spiro atoms. The summed E-state index contributed by atoms with van der Waals surface area (Å²) in [6, 6.07) is 13.3. The number of para-hydroxylation sites is 1. The highest BCUT2D eigenvalue weighted by atomic mass is 35.5. The smallest absolute Gasteiger partial charge is 0.229 e. The van der Waals surface area contributed by atoms with Gasteiger partial charge < -0.3 is 34.5 Å². The third-order valence-electron chi connectivity index (χ3n) is 6.72. The van der Waals surface area contributed by atoms with Crippen LogP contribution in [0.15, 0.2) is 48.7 Å². The number of halogens is 1. The molecule has 10 nitrogen and oxygen atoms in total. The molecule has 0 aliphatic carbocycles. The minimum atomic E-state index is -2.53. The zero-order chi connectivity index (χ0) is 29.4. The highest BCUT2D eigenvalue weighted by Crippen LogP contribution is 2.39. The largest absolute Gasteiger partial charge is 0.494 e. The number of ether oxygens (including phenoxy) is 2. The number of nitrogens with one attached hydrogen (secondary N) is 2. The number of nitrogens with zero attached hydrogens (tertiary/aromatic N) is 4. The molecule has 0 saturated carbocycles. The number of methoxy groups -OCH3 is 1. The molecule has 1 aliphatic heterocycles. The standard InChI is InChI=1S/C29H38ClN6O4P/c1-5-17-40-18-12-27(37)36-15-13-35(14-16-36)21-10-11-23(25(19-21)39-2)33-29-31-20-22(30)28(34-29)32-24-8-6-7-9-26(24)41(3,4)38/h6-11,19-20H,5,12-18H2,1-4H3,(H2,31,32,33,34). The molecule has 0 unspecified atom stereocenters. The van der Waals surface area contributed by atoms with Crippen LogP contribution in [0.5, 0.6) is 5.75 Å². The Morgan fingerprint density at radius 3 is 2.51 bits per heavy atom. The minimum Gasteiger partial charge on any atom is -0.494 e. The van der Waals surface area contributed by atoms with Crippen LogP contribution in [0.2, 0.25) is 5.02 Å². The van der Waals surface area contributed by atoms with Gasteiger partial charge in [-0.05, 0) is 44.0 Å². The fourth-order valence-corrected chi connectivity index (χ4v) is 5.86. The predicted molar refractivity (Wildman–Crippen MR) is 167 cm³/mol. The summed E-state index contributed by atoms with van der Waals surface area (Å²) >= 11 is 6.40. The third kappa shape index (κ3) is 8.12. The first-order chi connectivity index (χ1) is 19.7. The summed E-state index contributed by atoms with van der Waals surface area (Å²) in [7, 11) is -0.914. The summed E-state index contributed by atoms with van der Waals surface area (Å²) in [4.78, 5) is 25.5. The van der Waals surface area contributed by atoms with Crippen molar-refractivity contribution in [1.29, 1.82) is 0 Å². The van der Waals surface area contributed by atoms with Gasteiger partial charge in [-0.2, -0.15) is 4.98 Å². The number of anilines is 5. The number of piperazine rings is 1. The van der Waals surface area contributed by atoms with Gasteiger partial charge in [0.05, 0.1) is 37.7 Å². The number of benzene rings is 2. The van der Waals surface area contributed by atoms with E-state index in [4.69, 9.17) is 21.1 Å². The SMILES string of the molecule is CCCOCCC(=O)N1CCN(c2ccc(Nc3ncc(Cl)c(Nc4ccccc4P(C)(C)=O)n3)c(OC)c2)CC1. The molecule has 0 atom stereocenters. The average molecular weight is 601 g/mol. The molecule has 1 fully saturated rings. The lowest BCUT2D eigenvalue weighted by atomic mass is 10.2. The van der Waals surface area contributed by atoms with E-state index in [2.05, 4.69) is 32.4 Å². The zero-order valence-electron chi connectivity index (χ0n) is 24.0. The topological polar surface area (TPSA) is 109 Å². The molecular formula is C29H38ClN6O4P. The van der Waals surface area contributed by atoms with Crippen molar-refractivity contribution in [1.82, 2.24) is 14.9 Å². The molecule has 1 amide bonds. The van der Waals surface area contributed by atoms with Gasteiger partial charge in [-0.3, -0.25) is 4.79 Å². The summed E-state index contributed by atoms with van der Waals surface area (Å²) in [5.41, 5.74) is 2.38. The Balaban J connectivity index is 1.42. The van der Waals surface area contributed by atoms with E-state index in [0.29, 0.717) is 71.9 Å². The first-order valence-electron chi connectivity index (χ1n) is 13.7. The van der Waals surface area contributed by atoms with E-state index in [1.54, 1.807) is 20.4 Å².